The van der Waals surface area contributed by atoms with E-state index >= 15 is 0 Å². The molecule has 0 aromatic carbocycles. The summed E-state index contributed by atoms with van der Waals surface area (Å²) in [5, 5.41) is 0. The van der Waals surface area contributed by atoms with Crippen molar-refractivity contribution < 1.29 is 4.79 Å². The largest absolute Gasteiger partial charge is 0.324 e. The van der Waals surface area contributed by atoms with Gasteiger partial charge < -0.3 is 10.5 Å². The van der Waals surface area contributed by atoms with Crippen LogP contribution in [0, 0.1) is 5.41 Å². The number of rotatable bonds is 1. The van der Waals surface area contributed by atoms with Crippen LogP contribution in [0.3, 0.4) is 0 Å². The average Bonchev–Trinajstić information content (AvgIpc) is 2.24. The van der Waals surface area contributed by atoms with Gasteiger partial charge in [-0.15, -0.1) is 0 Å². The summed E-state index contributed by atoms with van der Waals surface area (Å²) in [4.78, 5) is 10.1. The molecule has 0 aromatic heterocycles. The van der Waals surface area contributed by atoms with Gasteiger partial charge in [0.2, 0.25) is 0 Å². The molecule has 0 radical (unpaired) electrons. The van der Waals surface area contributed by atoms with Crippen molar-refractivity contribution in [3.63, 3.8) is 0 Å². The van der Waals surface area contributed by atoms with E-state index in [4.69, 9.17) is 5.73 Å². The first-order chi connectivity index (χ1) is 3.22. The maximum absolute atomic E-state index is 10.1. The van der Waals surface area contributed by atoms with Gasteiger partial charge in [-0.05, 0) is 12.8 Å². The summed E-state index contributed by atoms with van der Waals surface area (Å²) in [5.74, 6) is 0. The topological polar surface area (TPSA) is 43.1 Å². The fraction of sp³-hybridized carbons (Fsp3) is 0.800. The molecule has 2 aliphatic rings. The third-order valence-corrected chi connectivity index (χ3v) is 2.23. The second-order valence-corrected chi connectivity index (χ2v) is 2.78. The van der Waals surface area contributed by atoms with Gasteiger partial charge in [-0.2, -0.15) is 0 Å². The van der Waals surface area contributed by atoms with Crippen molar-refractivity contribution in [2.75, 3.05) is 0 Å². The third kappa shape index (κ3) is 0.193. The lowest BCUT2D eigenvalue weighted by atomic mass is 10.2. The minimum Gasteiger partial charge on any atom is -0.324 e. The lowest BCUT2D eigenvalue weighted by Crippen LogP contribution is -2.07. The number of aldehydes is 1. The van der Waals surface area contributed by atoms with Crippen molar-refractivity contribution in [2.24, 2.45) is 11.1 Å². The molecule has 0 amide bonds. The molecule has 38 valence electrons. The predicted molar refractivity (Wildman–Crippen MR) is 24.6 cm³/mol. The van der Waals surface area contributed by atoms with Crippen LogP contribution >= 0.6 is 0 Å². The molecule has 0 unspecified atom stereocenters. The Morgan fingerprint density at radius 2 is 2.00 bits per heavy atom. The van der Waals surface area contributed by atoms with Crippen LogP contribution in [0.4, 0.5) is 0 Å². The maximum atomic E-state index is 10.1. The van der Waals surface area contributed by atoms with E-state index in [9.17, 15) is 4.79 Å². The van der Waals surface area contributed by atoms with Gasteiger partial charge in [-0.25, -0.2) is 0 Å². The van der Waals surface area contributed by atoms with Crippen molar-refractivity contribution in [1.82, 2.24) is 0 Å². The number of carbonyl (C=O) groups is 1. The Kier molecular flexibility index (Phi) is 0.291. The van der Waals surface area contributed by atoms with E-state index in [2.05, 4.69) is 0 Å². The molecule has 2 nitrogen and oxygen atoms in total. The molecule has 2 heteroatoms. The first-order valence-electron chi connectivity index (χ1n) is 2.48. The molecular weight excluding hydrogens is 90.1 g/mol. The fourth-order valence-electron chi connectivity index (χ4n) is 1.19. The van der Waals surface area contributed by atoms with Crippen LogP contribution in [0.25, 0.3) is 0 Å². The monoisotopic (exact) mass is 97.1 g/mol. The normalized spacial score (nSPS) is 63.6. The summed E-state index contributed by atoms with van der Waals surface area (Å²) < 4.78 is 0. The second-order valence-electron chi connectivity index (χ2n) is 2.78. The molecule has 0 aromatic rings. The maximum Gasteiger partial charge on any atom is 0.128 e. The second kappa shape index (κ2) is 0.564. The molecule has 2 aliphatic carbocycles. The Balaban J connectivity index is 2.28. The molecule has 2 saturated carbocycles. The van der Waals surface area contributed by atoms with E-state index in [0.29, 0.717) is 0 Å². The van der Waals surface area contributed by atoms with Crippen molar-refractivity contribution in [1.29, 1.82) is 0 Å². The molecule has 0 aliphatic heterocycles. The Hall–Kier alpha value is -0.370. The van der Waals surface area contributed by atoms with Crippen LogP contribution in [-0.4, -0.2) is 11.8 Å². The van der Waals surface area contributed by atoms with Gasteiger partial charge in [0.05, 0.1) is 0 Å². The number of carbonyl (C=O) groups excluding carboxylic acids is 1. The molecule has 2 fully saturated rings. The molecule has 2 rings (SSSR count). The van der Waals surface area contributed by atoms with Gasteiger partial charge >= 0.3 is 0 Å². The molecule has 0 spiro atoms. The van der Waals surface area contributed by atoms with Gasteiger partial charge in [0, 0.05) is 11.0 Å². The number of hydrogen-bond donors (Lipinski definition) is 1. The molecule has 0 atom stereocenters. The summed E-state index contributed by atoms with van der Waals surface area (Å²) >= 11 is 0. The van der Waals surface area contributed by atoms with Gasteiger partial charge in [0.15, 0.2) is 0 Å². The van der Waals surface area contributed by atoms with Crippen molar-refractivity contribution in [3.8, 4) is 0 Å². The molecule has 2 N–H and O–H groups in total. The predicted octanol–water partition coefficient (Wildman–Crippen LogP) is -0.323. The highest BCUT2D eigenvalue weighted by Crippen LogP contribution is 2.75. The lowest BCUT2D eigenvalue weighted by Gasteiger charge is -1.82. The summed E-state index contributed by atoms with van der Waals surface area (Å²) in [7, 11) is 0. The van der Waals surface area contributed by atoms with Gasteiger partial charge in [-0.1, -0.05) is 0 Å². The number of fused-ring (bicyclic) bond motifs is 1. The Morgan fingerprint density at radius 3 is 2.00 bits per heavy atom. The van der Waals surface area contributed by atoms with Gasteiger partial charge in [0.25, 0.3) is 0 Å². The van der Waals surface area contributed by atoms with Crippen LogP contribution in [0.2, 0.25) is 0 Å². The Bertz CT molecular complexity index is 135. The highest BCUT2D eigenvalue weighted by atomic mass is 16.1. The summed E-state index contributed by atoms with van der Waals surface area (Å²) in [6.45, 7) is 0. The van der Waals surface area contributed by atoms with Gasteiger partial charge in [-0.3, -0.25) is 0 Å². The van der Waals surface area contributed by atoms with Crippen LogP contribution in [0.5, 0.6) is 0 Å². The van der Waals surface area contributed by atoms with Crippen molar-refractivity contribution >= 4 is 6.29 Å². The lowest BCUT2D eigenvalue weighted by molar-refractivity contribution is -0.110. The zero-order valence-corrected chi connectivity index (χ0v) is 3.98. The van der Waals surface area contributed by atoms with Gasteiger partial charge in [0.1, 0.15) is 6.29 Å². The summed E-state index contributed by atoms with van der Waals surface area (Å²) in [6, 6.07) is 0. The van der Waals surface area contributed by atoms with E-state index in [1.807, 2.05) is 0 Å². The third-order valence-electron chi connectivity index (χ3n) is 2.23. The first-order valence-corrected chi connectivity index (χ1v) is 2.48. The van der Waals surface area contributed by atoms with E-state index in [1.165, 1.54) is 0 Å². The first kappa shape index (κ1) is 3.61. The Labute approximate surface area is 41.7 Å². The smallest absolute Gasteiger partial charge is 0.128 e. The van der Waals surface area contributed by atoms with Crippen LogP contribution < -0.4 is 5.73 Å². The SMILES string of the molecule is NC12CC1(C=O)C2. The van der Waals surface area contributed by atoms with Crippen LogP contribution in [0.1, 0.15) is 12.8 Å². The highest BCUT2D eigenvalue weighted by Gasteiger charge is 2.81. The molecule has 0 bridgehead atoms. The zero-order valence-electron chi connectivity index (χ0n) is 3.98. The molecule has 0 heterocycles. The van der Waals surface area contributed by atoms with E-state index in [1.54, 1.807) is 0 Å². The van der Waals surface area contributed by atoms with Crippen molar-refractivity contribution in [2.45, 2.75) is 18.4 Å². The molecule has 0 saturated heterocycles. The van der Waals surface area contributed by atoms with E-state index in [0.717, 1.165) is 19.1 Å². The minimum atomic E-state index is -0.00694. The number of hydrogen-bond acceptors (Lipinski definition) is 2. The average molecular weight is 97.1 g/mol. The zero-order chi connectivity index (χ0) is 5.12. The highest BCUT2D eigenvalue weighted by molar-refractivity contribution is 5.76. The van der Waals surface area contributed by atoms with E-state index in [-0.39, 0.29) is 11.0 Å². The summed E-state index contributed by atoms with van der Waals surface area (Å²) in [6.07, 6.45) is 2.90. The fourth-order valence-corrected chi connectivity index (χ4v) is 1.19. The van der Waals surface area contributed by atoms with Crippen LogP contribution in [0.15, 0.2) is 0 Å². The number of nitrogens with two attached hydrogens (primary N) is 1. The molecular formula is C5H7NO. The van der Waals surface area contributed by atoms with E-state index < -0.39 is 0 Å². The minimum absolute atomic E-state index is 0.00521. The van der Waals surface area contributed by atoms with Crippen molar-refractivity contribution in [3.05, 3.63) is 0 Å². The quantitative estimate of drug-likeness (QED) is 0.455. The standard InChI is InChI=1S/C5H7NO/c6-5-1-4(5,2-5)3-7/h3H,1-2,6H2. The summed E-state index contributed by atoms with van der Waals surface area (Å²) in [5.41, 5.74) is 5.54. The van der Waals surface area contributed by atoms with Crippen LogP contribution in [-0.2, 0) is 4.79 Å². The Morgan fingerprint density at radius 1 is 1.57 bits per heavy atom. The molecule has 7 heavy (non-hydrogen) atoms.